The van der Waals surface area contributed by atoms with Crippen LogP contribution >= 0.6 is 0 Å². The summed E-state index contributed by atoms with van der Waals surface area (Å²) in [5, 5.41) is 4.31. The van der Waals surface area contributed by atoms with E-state index in [9.17, 15) is 9.18 Å². The van der Waals surface area contributed by atoms with Gasteiger partial charge in [-0.25, -0.2) is 4.39 Å². The number of alkyl halides is 1. The van der Waals surface area contributed by atoms with Gasteiger partial charge >= 0.3 is 0 Å². The average molecular weight is 542 g/mol. The molecule has 2 aromatic heterocycles. The molecule has 2 heterocycles. The van der Waals surface area contributed by atoms with Crippen molar-refractivity contribution in [1.29, 1.82) is 0 Å². The molecule has 7 fully saturated rings. The molecule has 10 rings (SSSR count). The van der Waals surface area contributed by atoms with Crippen molar-refractivity contribution in [2.24, 2.45) is 10.8 Å². The van der Waals surface area contributed by atoms with E-state index in [-0.39, 0.29) is 22.2 Å². The summed E-state index contributed by atoms with van der Waals surface area (Å²) in [7, 11) is 0. The highest BCUT2D eigenvalue weighted by atomic mass is 19.1. The molecule has 208 valence electrons. The van der Waals surface area contributed by atoms with Gasteiger partial charge in [-0.05, 0) is 101 Å². The second-order valence-electron chi connectivity index (χ2n) is 13.9. The van der Waals surface area contributed by atoms with Gasteiger partial charge in [0.1, 0.15) is 5.67 Å². The van der Waals surface area contributed by atoms with Crippen LogP contribution in [-0.4, -0.2) is 38.2 Å². The second-order valence-corrected chi connectivity index (χ2v) is 13.9. The number of carbonyl (C=O) groups is 1. The molecule has 0 unspecified atom stereocenters. The van der Waals surface area contributed by atoms with Gasteiger partial charge < -0.3 is 9.42 Å². The van der Waals surface area contributed by atoms with E-state index in [0.717, 1.165) is 72.9 Å². The van der Waals surface area contributed by atoms with E-state index >= 15 is 0 Å². The molecule has 0 atom stereocenters. The Labute approximate surface area is 234 Å². The summed E-state index contributed by atoms with van der Waals surface area (Å²) in [6.07, 6.45) is 14.1. The molecule has 7 nitrogen and oxygen atoms in total. The zero-order valence-corrected chi connectivity index (χ0v) is 23.2. The van der Waals surface area contributed by atoms with Gasteiger partial charge in [0.25, 0.3) is 0 Å². The lowest BCUT2D eigenvalue weighted by atomic mass is 9.41. The Kier molecular flexibility index (Phi) is 5.19. The first-order valence-corrected chi connectivity index (χ1v) is 15.0. The number of carbonyl (C=O) groups excluding carboxylic acids is 1. The first-order chi connectivity index (χ1) is 19.3. The number of nitrogens with zero attached hydrogens (tertiary/aromatic N) is 5. The Morgan fingerprint density at radius 3 is 2.42 bits per heavy atom. The molecule has 7 saturated carbocycles. The van der Waals surface area contributed by atoms with Crippen molar-refractivity contribution in [2.45, 2.75) is 101 Å². The molecule has 40 heavy (non-hydrogen) atoms. The van der Waals surface area contributed by atoms with Crippen LogP contribution in [0, 0.1) is 17.8 Å². The van der Waals surface area contributed by atoms with Gasteiger partial charge in [0, 0.05) is 41.7 Å². The fraction of sp³-hybridized carbons (Fsp3) is 0.594. The van der Waals surface area contributed by atoms with Gasteiger partial charge in [0.05, 0.1) is 17.6 Å². The maximum absolute atomic E-state index is 14.3. The lowest BCUT2D eigenvalue weighted by molar-refractivity contribution is -0.215. The van der Waals surface area contributed by atoms with Gasteiger partial charge in [-0.3, -0.25) is 14.8 Å². The smallest absolute Gasteiger partial charge is 0.232 e. The Morgan fingerprint density at radius 2 is 1.77 bits per heavy atom. The number of anilines is 1. The molecule has 7 aliphatic rings. The summed E-state index contributed by atoms with van der Waals surface area (Å²) >= 11 is 0. The number of hydrogen-bond donors (Lipinski definition) is 0. The highest BCUT2D eigenvalue weighted by Gasteiger charge is 2.69. The third-order valence-corrected chi connectivity index (χ3v) is 10.9. The summed E-state index contributed by atoms with van der Waals surface area (Å²) in [5.74, 6) is 2.35. The Bertz CT molecular complexity index is 1430. The third kappa shape index (κ3) is 4.00. The summed E-state index contributed by atoms with van der Waals surface area (Å²) in [6, 6.07) is 8.13. The van der Waals surface area contributed by atoms with Crippen molar-refractivity contribution in [3.8, 4) is 11.3 Å². The van der Waals surface area contributed by atoms with Crippen molar-refractivity contribution in [1.82, 2.24) is 20.1 Å². The van der Waals surface area contributed by atoms with Crippen molar-refractivity contribution < 1.29 is 13.7 Å². The van der Waals surface area contributed by atoms with Gasteiger partial charge in [-0.1, -0.05) is 17.3 Å². The van der Waals surface area contributed by atoms with Crippen molar-refractivity contribution in [3.63, 3.8) is 0 Å². The highest BCUT2D eigenvalue weighted by molar-refractivity contribution is 5.95. The zero-order valence-electron chi connectivity index (χ0n) is 23.2. The van der Waals surface area contributed by atoms with Crippen LogP contribution in [-0.2, 0) is 10.2 Å². The van der Waals surface area contributed by atoms with Crippen molar-refractivity contribution in [3.05, 3.63) is 54.1 Å². The van der Waals surface area contributed by atoms with Gasteiger partial charge in [0.15, 0.2) is 5.82 Å². The van der Waals surface area contributed by atoms with Crippen LogP contribution in [0.2, 0.25) is 0 Å². The molecule has 0 aliphatic heterocycles. The summed E-state index contributed by atoms with van der Waals surface area (Å²) in [5.41, 5.74) is 2.43. The van der Waals surface area contributed by atoms with Crippen LogP contribution in [0.1, 0.15) is 100 Å². The van der Waals surface area contributed by atoms with Crippen LogP contribution in [0.5, 0.6) is 0 Å². The second kappa shape index (κ2) is 8.43. The maximum Gasteiger partial charge on any atom is 0.232 e. The quantitative estimate of drug-likeness (QED) is 0.319. The van der Waals surface area contributed by atoms with Gasteiger partial charge in [-0.2, -0.15) is 4.98 Å². The molecule has 0 spiro atoms. The van der Waals surface area contributed by atoms with E-state index in [1.807, 2.05) is 30.0 Å². The first-order valence-electron chi connectivity index (χ1n) is 15.0. The Morgan fingerprint density at radius 1 is 1.02 bits per heavy atom. The summed E-state index contributed by atoms with van der Waals surface area (Å²) in [6.45, 7) is 2.62. The number of aryl methyl sites for hydroxylation is 1. The maximum atomic E-state index is 14.3. The van der Waals surface area contributed by atoms with Crippen LogP contribution < -0.4 is 4.90 Å². The summed E-state index contributed by atoms with van der Waals surface area (Å²) < 4.78 is 20.2. The van der Waals surface area contributed by atoms with Crippen LogP contribution in [0.15, 0.2) is 41.2 Å². The number of halogens is 1. The SMILES string of the molecule is Cc1cnc(-c2cccc(N(CC34CCC(c5nc(C6CC6)no5)(CC3)CC4)C(=O)CC34CC(F)(C3)C4)c2)cn1. The van der Waals surface area contributed by atoms with E-state index in [1.54, 1.807) is 12.4 Å². The first kappa shape index (κ1) is 24.6. The Hall–Kier alpha value is -3.16. The fourth-order valence-electron chi connectivity index (χ4n) is 8.28. The Balaban J connectivity index is 1.05. The molecular weight excluding hydrogens is 505 g/mol. The minimum atomic E-state index is -1.00. The van der Waals surface area contributed by atoms with Crippen LogP contribution in [0.25, 0.3) is 11.3 Å². The predicted octanol–water partition coefficient (Wildman–Crippen LogP) is 6.62. The normalized spacial score (nSPS) is 33.8. The predicted molar refractivity (Wildman–Crippen MR) is 147 cm³/mol. The molecule has 8 heteroatoms. The molecule has 0 saturated heterocycles. The minimum Gasteiger partial charge on any atom is -0.339 e. The van der Waals surface area contributed by atoms with Crippen LogP contribution in [0.3, 0.4) is 0 Å². The monoisotopic (exact) mass is 541 g/mol. The molecule has 7 aliphatic carbocycles. The molecule has 0 N–H and O–H groups in total. The zero-order chi connectivity index (χ0) is 27.2. The van der Waals surface area contributed by atoms with Gasteiger partial charge in [-0.15, -0.1) is 0 Å². The van der Waals surface area contributed by atoms with E-state index in [2.05, 4.69) is 21.2 Å². The fourth-order valence-corrected chi connectivity index (χ4v) is 8.28. The number of benzene rings is 1. The number of aromatic nitrogens is 4. The number of amides is 1. The largest absolute Gasteiger partial charge is 0.339 e. The number of hydrogen-bond acceptors (Lipinski definition) is 6. The molecule has 3 aromatic rings. The number of fused-ring (bicyclic) bond motifs is 3. The van der Waals surface area contributed by atoms with E-state index in [1.165, 1.54) is 12.8 Å². The van der Waals surface area contributed by atoms with Gasteiger partial charge in [0.2, 0.25) is 11.8 Å². The van der Waals surface area contributed by atoms with E-state index < -0.39 is 5.67 Å². The van der Waals surface area contributed by atoms with E-state index in [4.69, 9.17) is 9.51 Å². The minimum absolute atomic E-state index is 0.0119. The molecule has 4 bridgehead atoms. The third-order valence-electron chi connectivity index (χ3n) is 10.9. The molecule has 1 amide bonds. The average Bonchev–Trinajstić information content (AvgIpc) is 3.67. The number of rotatable bonds is 8. The topological polar surface area (TPSA) is 85.0 Å². The van der Waals surface area contributed by atoms with E-state index in [0.29, 0.717) is 38.1 Å². The lowest BCUT2D eigenvalue weighted by Gasteiger charge is -2.66. The standard InChI is InChI=1S/C32H36FN5O2/c1-21-15-35-25(16-34-21)23-3-2-4-24(13-23)38(26(39)14-30-17-32(33,18-30)19-30)20-29-7-10-31(11-8-29,12-9-29)28-36-27(37-40-28)22-5-6-22/h2-4,13,15-16,22H,5-12,14,17-20H2,1H3. The molecular formula is C32H36FN5O2. The summed E-state index contributed by atoms with van der Waals surface area (Å²) in [4.78, 5) is 29.9. The lowest BCUT2D eigenvalue weighted by Crippen LogP contribution is -2.65. The highest BCUT2D eigenvalue weighted by Crippen LogP contribution is 2.71. The molecule has 1 aromatic carbocycles. The molecule has 0 radical (unpaired) electrons. The van der Waals surface area contributed by atoms with Crippen molar-refractivity contribution >= 4 is 11.6 Å². The van der Waals surface area contributed by atoms with Crippen molar-refractivity contribution in [2.75, 3.05) is 11.4 Å². The van der Waals surface area contributed by atoms with Crippen LogP contribution in [0.4, 0.5) is 10.1 Å².